The zero-order chi connectivity index (χ0) is 19.7. The number of amides is 1. The average molecular weight is 430 g/mol. The van der Waals surface area contributed by atoms with E-state index in [-0.39, 0.29) is 10.8 Å². The number of anilines is 1. The van der Waals surface area contributed by atoms with Gasteiger partial charge in [0.2, 0.25) is 5.91 Å². The maximum Gasteiger partial charge on any atom is 0.283 e. The second kappa shape index (κ2) is 7.34. The highest BCUT2D eigenvalue weighted by Gasteiger charge is 2.22. The molecular formula is C19H15N3O3S3. The van der Waals surface area contributed by atoms with Crippen molar-refractivity contribution in [2.24, 2.45) is 0 Å². The lowest BCUT2D eigenvalue weighted by Gasteiger charge is -2.09. The summed E-state index contributed by atoms with van der Waals surface area (Å²) in [6.45, 7) is 1.39. The van der Waals surface area contributed by atoms with Gasteiger partial charge in [-0.1, -0.05) is 6.07 Å². The predicted octanol–water partition coefficient (Wildman–Crippen LogP) is 4.54. The molecule has 1 aromatic carbocycles. The highest BCUT2D eigenvalue weighted by molar-refractivity contribution is 7.90. The lowest BCUT2D eigenvalue weighted by atomic mass is 10.3. The fourth-order valence-electron chi connectivity index (χ4n) is 2.70. The van der Waals surface area contributed by atoms with Crippen LogP contribution in [0.2, 0.25) is 0 Å². The standard InChI is InChI=1S/C19H15N3O3S3/c1-13(23)21-14-4-6-15(7-5-14)28(24,25)22-16(10-11-20-22)17-8-9-19(27-17)18-3-2-12-26-18/h2-12H,1H3,(H,21,23). The van der Waals surface area contributed by atoms with Crippen LogP contribution in [0.5, 0.6) is 0 Å². The Bertz CT molecular complexity index is 1220. The molecule has 6 nitrogen and oxygen atoms in total. The van der Waals surface area contributed by atoms with Crippen molar-refractivity contribution in [2.45, 2.75) is 11.8 Å². The molecule has 9 heteroatoms. The number of carbonyl (C=O) groups is 1. The number of aromatic nitrogens is 2. The van der Waals surface area contributed by atoms with Crippen LogP contribution >= 0.6 is 22.7 Å². The van der Waals surface area contributed by atoms with Crippen LogP contribution in [0, 0.1) is 0 Å². The van der Waals surface area contributed by atoms with Crippen LogP contribution in [0.4, 0.5) is 5.69 Å². The molecule has 0 unspecified atom stereocenters. The number of nitrogens with one attached hydrogen (secondary N) is 1. The van der Waals surface area contributed by atoms with Crippen molar-refractivity contribution in [3.8, 4) is 20.3 Å². The minimum absolute atomic E-state index is 0.0987. The van der Waals surface area contributed by atoms with E-state index < -0.39 is 10.0 Å². The van der Waals surface area contributed by atoms with Gasteiger partial charge in [0.1, 0.15) is 0 Å². The maximum absolute atomic E-state index is 13.1. The van der Waals surface area contributed by atoms with Crippen molar-refractivity contribution in [2.75, 3.05) is 5.32 Å². The number of carbonyl (C=O) groups excluding carboxylic acids is 1. The Hall–Kier alpha value is -2.75. The molecule has 0 saturated carbocycles. The van der Waals surface area contributed by atoms with Crippen LogP contribution in [0.3, 0.4) is 0 Å². The summed E-state index contributed by atoms with van der Waals surface area (Å²) in [5.41, 5.74) is 1.05. The second-order valence-electron chi connectivity index (χ2n) is 5.91. The van der Waals surface area contributed by atoms with Gasteiger partial charge >= 0.3 is 0 Å². The van der Waals surface area contributed by atoms with E-state index in [9.17, 15) is 13.2 Å². The Kier molecular flexibility index (Phi) is 4.88. The van der Waals surface area contributed by atoms with E-state index in [0.717, 1.165) is 18.7 Å². The second-order valence-corrected chi connectivity index (χ2v) is 9.71. The van der Waals surface area contributed by atoms with Crippen molar-refractivity contribution >= 4 is 44.3 Å². The van der Waals surface area contributed by atoms with Crippen molar-refractivity contribution in [3.63, 3.8) is 0 Å². The van der Waals surface area contributed by atoms with Gasteiger partial charge < -0.3 is 5.32 Å². The Balaban J connectivity index is 1.69. The van der Waals surface area contributed by atoms with Crippen LogP contribution < -0.4 is 5.32 Å². The van der Waals surface area contributed by atoms with Gasteiger partial charge in [0.05, 0.1) is 21.7 Å². The summed E-state index contributed by atoms with van der Waals surface area (Å²) in [6.07, 6.45) is 1.48. The van der Waals surface area contributed by atoms with Gasteiger partial charge in [-0.15, -0.1) is 22.7 Å². The SMILES string of the molecule is CC(=O)Nc1ccc(S(=O)(=O)n2nccc2-c2ccc(-c3cccs3)s2)cc1. The molecular weight excluding hydrogens is 414 g/mol. The summed E-state index contributed by atoms with van der Waals surface area (Å²) in [4.78, 5) is 14.3. The average Bonchev–Trinajstić information content (AvgIpc) is 3.40. The van der Waals surface area contributed by atoms with Crippen LogP contribution in [0.25, 0.3) is 20.3 Å². The molecule has 0 bridgehead atoms. The van der Waals surface area contributed by atoms with Gasteiger partial charge in [0, 0.05) is 22.4 Å². The summed E-state index contributed by atoms with van der Waals surface area (Å²) in [6, 6.07) is 15.6. The van der Waals surface area contributed by atoms with Gasteiger partial charge in [0.15, 0.2) is 0 Å². The van der Waals surface area contributed by atoms with E-state index in [1.54, 1.807) is 29.5 Å². The van der Waals surface area contributed by atoms with Crippen molar-refractivity contribution in [1.82, 2.24) is 9.19 Å². The van der Waals surface area contributed by atoms with E-state index in [2.05, 4.69) is 10.4 Å². The molecule has 4 rings (SSSR count). The zero-order valence-corrected chi connectivity index (χ0v) is 17.1. The number of hydrogen-bond donors (Lipinski definition) is 1. The molecule has 0 radical (unpaired) electrons. The summed E-state index contributed by atoms with van der Waals surface area (Å²) >= 11 is 3.16. The third kappa shape index (κ3) is 3.51. The van der Waals surface area contributed by atoms with Gasteiger partial charge in [0.25, 0.3) is 10.0 Å². The topological polar surface area (TPSA) is 81.1 Å². The Morgan fingerprint density at radius 3 is 2.43 bits per heavy atom. The molecule has 1 amide bonds. The largest absolute Gasteiger partial charge is 0.326 e. The first-order valence-corrected chi connectivity index (χ1v) is 11.4. The van der Waals surface area contributed by atoms with E-state index in [4.69, 9.17) is 0 Å². The molecule has 0 spiro atoms. The quantitative estimate of drug-likeness (QED) is 0.505. The smallest absolute Gasteiger partial charge is 0.283 e. The lowest BCUT2D eigenvalue weighted by molar-refractivity contribution is -0.114. The number of thiophene rings is 2. The third-order valence-corrected chi connectivity index (χ3v) is 7.72. The molecule has 0 aliphatic heterocycles. The number of rotatable bonds is 5. The molecule has 0 atom stereocenters. The minimum Gasteiger partial charge on any atom is -0.326 e. The van der Waals surface area contributed by atoms with E-state index in [1.807, 2.05) is 29.6 Å². The third-order valence-electron chi connectivity index (χ3n) is 3.93. The zero-order valence-electron chi connectivity index (χ0n) is 14.7. The van der Waals surface area contributed by atoms with Gasteiger partial charge in [-0.3, -0.25) is 4.79 Å². The Morgan fingerprint density at radius 1 is 1.00 bits per heavy atom. The highest BCUT2D eigenvalue weighted by atomic mass is 32.2. The summed E-state index contributed by atoms with van der Waals surface area (Å²) in [5, 5.41) is 8.68. The number of hydrogen-bond acceptors (Lipinski definition) is 6. The van der Waals surface area contributed by atoms with Crippen LogP contribution in [-0.4, -0.2) is 23.5 Å². The van der Waals surface area contributed by atoms with Crippen LogP contribution in [-0.2, 0) is 14.8 Å². The minimum atomic E-state index is -3.86. The van der Waals surface area contributed by atoms with Crippen LogP contribution in [0.15, 0.2) is 71.1 Å². The molecule has 0 fully saturated rings. The van der Waals surface area contributed by atoms with Crippen molar-refractivity contribution < 1.29 is 13.2 Å². The van der Waals surface area contributed by atoms with Gasteiger partial charge in [-0.25, -0.2) is 0 Å². The van der Waals surface area contributed by atoms with E-state index in [1.165, 1.54) is 36.6 Å². The van der Waals surface area contributed by atoms with Crippen LogP contribution in [0.1, 0.15) is 6.92 Å². The molecule has 4 aromatic rings. The molecule has 142 valence electrons. The molecule has 1 N–H and O–H groups in total. The molecule has 3 aromatic heterocycles. The maximum atomic E-state index is 13.1. The van der Waals surface area contributed by atoms with Gasteiger partial charge in [-0.2, -0.15) is 17.6 Å². The summed E-state index contributed by atoms with van der Waals surface area (Å²) in [5.74, 6) is -0.218. The van der Waals surface area contributed by atoms with Gasteiger partial charge in [-0.05, 0) is 53.9 Å². The van der Waals surface area contributed by atoms with E-state index in [0.29, 0.717) is 11.4 Å². The fraction of sp³-hybridized carbons (Fsp3) is 0.0526. The Morgan fingerprint density at radius 2 is 1.75 bits per heavy atom. The fourth-order valence-corrected chi connectivity index (χ4v) is 5.88. The number of nitrogens with zero attached hydrogens (tertiary/aromatic N) is 2. The number of benzene rings is 1. The Labute approximate surface area is 170 Å². The first kappa shape index (κ1) is 18.6. The van der Waals surface area contributed by atoms with Crippen molar-refractivity contribution in [1.29, 1.82) is 0 Å². The normalized spacial score (nSPS) is 11.5. The molecule has 0 aliphatic carbocycles. The predicted molar refractivity (Wildman–Crippen MR) is 112 cm³/mol. The summed E-state index contributed by atoms with van der Waals surface area (Å²) in [7, 11) is -3.86. The molecule has 3 heterocycles. The molecule has 0 aliphatic rings. The monoisotopic (exact) mass is 429 g/mol. The first-order chi connectivity index (χ1) is 13.4. The first-order valence-electron chi connectivity index (χ1n) is 8.26. The van der Waals surface area contributed by atoms with E-state index >= 15 is 0 Å². The summed E-state index contributed by atoms with van der Waals surface area (Å²) < 4.78 is 27.2. The highest BCUT2D eigenvalue weighted by Crippen LogP contribution is 2.37. The van der Waals surface area contributed by atoms with Crippen molar-refractivity contribution in [3.05, 3.63) is 66.2 Å². The molecule has 28 heavy (non-hydrogen) atoms. The molecule has 0 saturated heterocycles. The lowest BCUT2D eigenvalue weighted by Crippen LogP contribution is -2.15.